The van der Waals surface area contributed by atoms with Crippen LogP contribution in [0.15, 0.2) is 53.6 Å². The number of hydrogen-bond acceptors (Lipinski definition) is 6. The molecule has 0 aliphatic carbocycles. The molecular weight excluding hydrogens is 422 g/mol. The Balaban J connectivity index is 2.00. The number of anilines is 1. The highest BCUT2D eigenvalue weighted by molar-refractivity contribution is 7.92. The number of nitrogens with one attached hydrogen (secondary N) is 1. The van der Waals surface area contributed by atoms with E-state index in [-0.39, 0.29) is 12.8 Å². The van der Waals surface area contributed by atoms with E-state index in [1.807, 2.05) is 6.07 Å². The van der Waals surface area contributed by atoms with Crippen molar-refractivity contribution in [2.24, 2.45) is 5.10 Å². The second-order valence-corrected chi connectivity index (χ2v) is 8.84. The summed E-state index contributed by atoms with van der Waals surface area (Å²) in [5.41, 5.74) is 2.20. The molecule has 0 saturated carbocycles. The molecule has 164 valence electrons. The molecule has 2 aromatic carbocycles. The molecule has 0 bridgehead atoms. The first-order valence-electron chi connectivity index (χ1n) is 9.50. The van der Waals surface area contributed by atoms with Crippen molar-refractivity contribution in [2.45, 2.75) is 25.3 Å². The van der Waals surface area contributed by atoms with Crippen molar-refractivity contribution in [3.05, 3.63) is 59.7 Å². The van der Waals surface area contributed by atoms with Gasteiger partial charge in [0.15, 0.2) is 0 Å². The highest BCUT2D eigenvalue weighted by atomic mass is 32.2. The summed E-state index contributed by atoms with van der Waals surface area (Å²) in [6.45, 7) is 0. The van der Waals surface area contributed by atoms with Crippen LogP contribution in [0.5, 0.6) is 5.75 Å². The van der Waals surface area contributed by atoms with Crippen molar-refractivity contribution in [3.63, 3.8) is 0 Å². The van der Waals surface area contributed by atoms with E-state index in [2.05, 4.69) is 9.82 Å². The van der Waals surface area contributed by atoms with Crippen molar-refractivity contribution in [1.29, 1.82) is 0 Å². The number of ether oxygens (including phenoxy) is 1. The SMILES string of the molecule is COc1cccc([C@H]2CC(c3ccccc3NS(C)(=O)=O)=NN2C(=O)CCC(=O)O)c1. The van der Waals surface area contributed by atoms with Crippen molar-refractivity contribution >= 4 is 33.3 Å². The minimum Gasteiger partial charge on any atom is -0.497 e. The predicted octanol–water partition coefficient (Wildman–Crippen LogP) is 2.61. The Bertz CT molecular complexity index is 1130. The molecule has 0 unspecified atom stereocenters. The maximum absolute atomic E-state index is 12.8. The van der Waals surface area contributed by atoms with Gasteiger partial charge < -0.3 is 9.84 Å². The van der Waals surface area contributed by atoms with E-state index >= 15 is 0 Å². The van der Waals surface area contributed by atoms with Crippen LogP contribution in [0.25, 0.3) is 0 Å². The van der Waals surface area contributed by atoms with Crippen molar-refractivity contribution in [2.75, 3.05) is 18.1 Å². The van der Waals surface area contributed by atoms with E-state index in [4.69, 9.17) is 9.84 Å². The van der Waals surface area contributed by atoms with Gasteiger partial charge in [-0.3, -0.25) is 14.3 Å². The maximum atomic E-state index is 12.8. The number of benzene rings is 2. The number of hydrogen-bond donors (Lipinski definition) is 2. The fourth-order valence-electron chi connectivity index (χ4n) is 3.36. The summed E-state index contributed by atoms with van der Waals surface area (Å²) < 4.78 is 31.3. The minimum absolute atomic E-state index is 0.199. The fraction of sp³-hybridized carbons (Fsp3) is 0.286. The lowest BCUT2D eigenvalue weighted by atomic mass is 9.97. The third-order valence-corrected chi connectivity index (χ3v) is 5.32. The summed E-state index contributed by atoms with van der Waals surface area (Å²) in [4.78, 5) is 23.7. The van der Waals surface area contributed by atoms with Gasteiger partial charge in [0.25, 0.3) is 0 Å². The maximum Gasteiger partial charge on any atom is 0.303 e. The standard InChI is InChI=1S/C21H23N3O6S/c1-30-15-7-5-6-14(12-15)19-13-18(22-24(19)20(25)10-11-21(26)27)16-8-3-4-9-17(16)23-31(2,28)29/h3-9,12,19,23H,10-11,13H2,1-2H3,(H,26,27)/t19-/m1/s1. The average molecular weight is 445 g/mol. The Morgan fingerprint density at radius 2 is 1.94 bits per heavy atom. The van der Waals surface area contributed by atoms with Gasteiger partial charge in [0, 0.05) is 18.4 Å². The first-order chi connectivity index (χ1) is 14.7. The molecule has 1 amide bonds. The largest absolute Gasteiger partial charge is 0.497 e. The summed E-state index contributed by atoms with van der Waals surface area (Å²) in [5, 5.41) is 14.7. The summed E-state index contributed by atoms with van der Waals surface area (Å²) in [6, 6.07) is 13.5. The second-order valence-electron chi connectivity index (χ2n) is 7.10. The number of rotatable bonds is 8. The zero-order valence-corrected chi connectivity index (χ0v) is 17.9. The molecule has 2 aromatic rings. The molecular formula is C21H23N3O6S. The van der Waals surface area contributed by atoms with Crippen LogP contribution in [0, 0.1) is 0 Å². The molecule has 2 N–H and O–H groups in total. The molecule has 31 heavy (non-hydrogen) atoms. The van der Waals surface area contributed by atoms with Crippen LogP contribution in [0.4, 0.5) is 5.69 Å². The van der Waals surface area contributed by atoms with E-state index in [0.29, 0.717) is 29.1 Å². The number of carbonyl (C=O) groups excluding carboxylic acids is 1. The number of para-hydroxylation sites is 1. The number of aliphatic carboxylic acids is 1. The van der Waals surface area contributed by atoms with E-state index in [0.717, 1.165) is 11.8 Å². The molecule has 0 radical (unpaired) electrons. The summed E-state index contributed by atoms with van der Waals surface area (Å²) in [6.07, 6.45) is 0.877. The normalized spacial score (nSPS) is 16.0. The zero-order chi connectivity index (χ0) is 22.6. The van der Waals surface area contributed by atoms with Gasteiger partial charge in [-0.2, -0.15) is 5.10 Å². The fourth-order valence-corrected chi connectivity index (χ4v) is 3.94. The third kappa shape index (κ3) is 5.60. The van der Waals surface area contributed by atoms with Crippen molar-refractivity contribution in [3.8, 4) is 5.75 Å². The first kappa shape index (κ1) is 22.3. The van der Waals surface area contributed by atoms with Gasteiger partial charge in [0.2, 0.25) is 15.9 Å². The van der Waals surface area contributed by atoms with E-state index in [9.17, 15) is 18.0 Å². The van der Waals surface area contributed by atoms with Crippen LogP contribution < -0.4 is 9.46 Å². The van der Waals surface area contributed by atoms with Gasteiger partial charge in [0.1, 0.15) is 5.75 Å². The Labute approximate surface area is 180 Å². The van der Waals surface area contributed by atoms with Crippen molar-refractivity contribution in [1.82, 2.24) is 5.01 Å². The van der Waals surface area contributed by atoms with Gasteiger partial charge in [0.05, 0.1) is 37.2 Å². The van der Waals surface area contributed by atoms with Gasteiger partial charge in [-0.05, 0) is 23.8 Å². The van der Waals surface area contributed by atoms with Gasteiger partial charge in [-0.15, -0.1) is 0 Å². The Hall–Kier alpha value is -3.40. The van der Waals surface area contributed by atoms with E-state index < -0.39 is 27.9 Å². The zero-order valence-electron chi connectivity index (χ0n) is 17.1. The number of amides is 1. The summed E-state index contributed by atoms with van der Waals surface area (Å²) in [5.74, 6) is -0.890. The lowest BCUT2D eigenvalue weighted by molar-refractivity contribution is -0.141. The Morgan fingerprint density at radius 1 is 1.19 bits per heavy atom. The molecule has 1 aliphatic rings. The third-order valence-electron chi connectivity index (χ3n) is 4.73. The highest BCUT2D eigenvalue weighted by Crippen LogP contribution is 2.36. The number of carbonyl (C=O) groups is 2. The topological polar surface area (TPSA) is 125 Å². The number of carboxylic acids is 1. The monoisotopic (exact) mass is 445 g/mol. The predicted molar refractivity (Wildman–Crippen MR) is 116 cm³/mol. The quantitative estimate of drug-likeness (QED) is 0.643. The number of methoxy groups -OCH3 is 1. The molecule has 0 aromatic heterocycles. The Morgan fingerprint density at radius 3 is 2.61 bits per heavy atom. The second kappa shape index (κ2) is 9.17. The van der Waals surface area contributed by atoms with Crippen molar-refractivity contribution < 1.29 is 27.9 Å². The number of sulfonamides is 1. The molecule has 0 spiro atoms. The molecule has 1 atom stereocenters. The van der Waals surface area contributed by atoms with Crippen LogP contribution in [0.2, 0.25) is 0 Å². The number of nitrogens with zero attached hydrogens (tertiary/aromatic N) is 2. The molecule has 0 saturated heterocycles. The molecule has 0 fully saturated rings. The van der Waals surface area contributed by atoms with E-state index in [1.54, 1.807) is 49.6 Å². The smallest absolute Gasteiger partial charge is 0.303 e. The lowest BCUT2D eigenvalue weighted by Gasteiger charge is -2.22. The molecule has 1 aliphatic heterocycles. The van der Waals surface area contributed by atoms with Crippen LogP contribution in [-0.2, 0) is 19.6 Å². The minimum atomic E-state index is -3.52. The molecule has 3 rings (SSSR count). The van der Waals surface area contributed by atoms with Crippen LogP contribution in [-0.4, -0.2) is 49.5 Å². The van der Waals surface area contributed by atoms with Gasteiger partial charge in [-0.1, -0.05) is 30.3 Å². The van der Waals surface area contributed by atoms with E-state index in [1.165, 1.54) is 5.01 Å². The Kier molecular flexibility index (Phi) is 6.59. The summed E-state index contributed by atoms with van der Waals surface area (Å²) >= 11 is 0. The molecule has 9 nitrogen and oxygen atoms in total. The van der Waals surface area contributed by atoms with Gasteiger partial charge >= 0.3 is 5.97 Å². The number of hydrazone groups is 1. The first-order valence-corrected chi connectivity index (χ1v) is 11.4. The van der Waals surface area contributed by atoms with Crippen LogP contribution in [0.1, 0.15) is 36.4 Å². The average Bonchev–Trinajstić information content (AvgIpc) is 3.16. The van der Waals surface area contributed by atoms with Crippen LogP contribution in [0.3, 0.4) is 0 Å². The molecule has 1 heterocycles. The van der Waals surface area contributed by atoms with Crippen LogP contribution >= 0.6 is 0 Å². The number of carboxylic acid groups (broad SMARTS) is 1. The summed E-state index contributed by atoms with van der Waals surface area (Å²) in [7, 11) is -1.98. The van der Waals surface area contributed by atoms with Gasteiger partial charge in [-0.25, -0.2) is 13.4 Å². The molecule has 10 heteroatoms. The highest BCUT2D eigenvalue weighted by Gasteiger charge is 2.34. The lowest BCUT2D eigenvalue weighted by Crippen LogP contribution is -2.27.